The molecule has 0 aromatic rings. The Morgan fingerprint density at radius 3 is 2.65 bits per heavy atom. The van der Waals surface area contributed by atoms with E-state index in [0.29, 0.717) is 5.92 Å². The Hall–Kier alpha value is -2.02. The van der Waals surface area contributed by atoms with Crippen LogP contribution in [0.25, 0.3) is 0 Å². The zero-order valence-electron chi connectivity index (χ0n) is 12.2. The summed E-state index contributed by atoms with van der Waals surface area (Å²) in [6.07, 6.45) is 22.0. The monoisotopic (exact) mass is 263 g/mol. The minimum absolute atomic E-state index is 0.616. The van der Waals surface area contributed by atoms with Gasteiger partial charge in [0.1, 0.15) is 0 Å². The lowest BCUT2D eigenvalue weighted by molar-refractivity contribution is 0.668. The third-order valence-electron chi connectivity index (χ3n) is 3.75. The van der Waals surface area contributed by atoms with E-state index in [4.69, 9.17) is 0 Å². The first-order valence-corrected chi connectivity index (χ1v) is 7.31. The molecule has 0 fully saturated rings. The smallest absolute Gasteiger partial charge is 0.0384 e. The maximum absolute atomic E-state index is 3.59. The minimum atomic E-state index is 0.616. The predicted molar refractivity (Wildman–Crippen MR) is 85.9 cm³/mol. The highest BCUT2D eigenvalue weighted by atomic mass is 14.9. The number of nitrogens with one attached hydrogen (secondary N) is 1. The summed E-state index contributed by atoms with van der Waals surface area (Å²) in [5.41, 5.74) is 6.56. The van der Waals surface area contributed by atoms with Gasteiger partial charge in [0.05, 0.1) is 0 Å². The largest absolute Gasteiger partial charge is 0.359 e. The molecule has 1 atom stereocenters. The summed E-state index contributed by atoms with van der Waals surface area (Å²) in [6.45, 7) is 4.44. The lowest BCUT2D eigenvalue weighted by Crippen LogP contribution is -2.16. The fourth-order valence-corrected chi connectivity index (χ4v) is 2.96. The Labute approximate surface area is 121 Å². The van der Waals surface area contributed by atoms with Gasteiger partial charge in [0, 0.05) is 11.4 Å². The molecule has 0 saturated heterocycles. The topological polar surface area (TPSA) is 12.0 Å². The highest BCUT2D eigenvalue weighted by Gasteiger charge is 2.11. The number of hydrogen-bond acceptors (Lipinski definition) is 1. The molecule has 1 nitrogen and oxygen atoms in total. The minimum Gasteiger partial charge on any atom is -0.359 e. The van der Waals surface area contributed by atoms with Gasteiger partial charge in [0.15, 0.2) is 0 Å². The van der Waals surface area contributed by atoms with Crippen LogP contribution in [-0.4, -0.2) is 0 Å². The van der Waals surface area contributed by atoms with Crippen molar-refractivity contribution in [1.82, 2.24) is 5.32 Å². The molecular formula is C19H21N. The van der Waals surface area contributed by atoms with E-state index in [1.54, 1.807) is 0 Å². The second-order valence-corrected chi connectivity index (χ2v) is 5.86. The zero-order chi connectivity index (χ0) is 13.9. The van der Waals surface area contributed by atoms with Crippen molar-refractivity contribution in [2.24, 2.45) is 5.92 Å². The van der Waals surface area contributed by atoms with E-state index in [9.17, 15) is 0 Å². The van der Waals surface area contributed by atoms with Crippen LogP contribution in [0.5, 0.6) is 0 Å². The van der Waals surface area contributed by atoms with Crippen LogP contribution in [0.15, 0.2) is 82.8 Å². The molecular weight excluding hydrogens is 242 g/mol. The normalized spacial score (nSPS) is 24.7. The molecule has 0 saturated carbocycles. The van der Waals surface area contributed by atoms with Gasteiger partial charge in [-0.05, 0) is 55.1 Å². The number of rotatable bonds is 2. The van der Waals surface area contributed by atoms with Gasteiger partial charge in [-0.25, -0.2) is 0 Å². The molecule has 0 amide bonds. The molecule has 1 heteroatoms. The number of allylic oxidation sites excluding steroid dienone is 13. The van der Waals surface area contributed by atoms with E-state index < -0.39 is 0 Å². The van der Waals surface area contributed by atoms with Crippen molar-refractivity contribution in [3.8, 4) is 0 Å². The average Bonchev–Trinajstić information content (AvgIpc) is 2.70. The molecule has 20 heavy (non-hydrogen) atoms. The summed E-state index contributed by atoms with van der Waals surface area (Å²) >= 11 is 0. The Balaban J connectivity index is 1.83. The van der Waals surface area contributed by atoms with Gasteiger partial charge in [-0.1, -0.05) is 49.0 Å². The molecule has 3 aliphatic rings. The van der Waals surface area contributed by atoms with Crippen molar-refractivity contribution in [3.05, 3.63) is 82.8 Å². The SMILES string of the molecule is CC1=CC(C)CC(NC2=CC3=CC=CC=C(C=C2)C3)=C1. The van der Waals surface area contributed by atoms with Crippen molar-refractivity contribution >= 4 is 0 Å². The van der Waals surface area contributed by atoms with Gasteiger partial charge >= 0.3 is 0 Å². The van der Waals surface area contributed by atoms with E-state index in [1.807, 2.05) is 0 Å². The molecule has 0 aromatic heterocycles. The Morgan fingerprint density at radius 2 is 1.85 bits per heavy atom. The maximum Gasteiger partial charge on any atom is 0.0384 e. The van der Waals surface area contributed by atoms with Crippen LogP contribution < -0.4 is 5.32 Å². The lowest BCUT2D eigenvalue weighted by atomic mass is 9.96. The fourth-order valence-electron chi connectivity index (χ4n) is 2.96. The van der Waals surface area contributed by atoms with E-state index in [1.165, 1.54) is 28.1 Å². The van der Waals surface area contributed by atoms with E-state index in [-0.39, 0.29) is 0 Å². The van der Waals surface area contributed by atoms with Crippen molar-refractivity contribution < 1.29 is 0 Å². The van der Waals surface area contributed by atoms with Gasteiger partial charge in [-0.3, -0.25) is 0 Å². The quantitative estimate of drug-likeness (QED) is 0.760. The second-order valence-electron chi connectivity index (χ2n) is 5.86. The molecule has 3 rings (SSSR count). The van der Waals surface area contributed by atoms with Crippen LogP contribution in [0, 0.1) is 5.92 Å². The summed E-state index contributed by atoms with van der Waals surface area (Å²) in [5.74, 6) is 0.616. The standard InChI is InChI=1S/C19H21N/c1-14-9-15(2)11-19(10-14)20-18-8-7-16-5-3-4-6-17(12-16)13-18/h3-10,13,15,20H,11-12H2,1-2H3. The second kappa shape index (κ2) is 5.54. The lowest BCUT2D eigenvalue weighted by Gasteiger charge is -2.19. The Kier molecular flexibility index (Phi) is 3.60. The summed E-state index contributed by atoms with van der Waals surface area (Å²) in [6, 6.07) is 0. The molecule has 0 aromatic carbocycles. The van der Waals surface area contributed by atoms with Crippen molar-refractivity contribution in [2.45, 2.75) is 26.7 Å². The molecule has 1 unspecified atom stereocenters. The highest BCUT2D eigenvalue weighted by molar-refractivity contribution is 5.46. The molecule has 102 valence electrons. The van der Waals surface area contributed by atoms with Crippen molar-refractivity contribution in [3.63, 3.8) is 0 Å². The Morgan fingerprint density at radius 1 is 1.05 bits per heavy atom. The Bertz CT molecular complexity index is 618. The van der Waals surface area contributed by atoms with Gasteiger partial charge in [-0.2, -0.15) is 0 Å². The molecule has 1 N–H and O–H groups in total. The summed E-state index contributed by atoms with van der Waals surface area (Å²) < 4.78 is 0. The highest BCUT2D eigenvalue weighted by Crippen LogP contribution is 2.25. The molecule has 3 aliphatic carbocycles. The molecule has 0 spiro atoms. The fraction of sp³-hybridized carbons (Fsp3) is 0.263. The average molecular weight is 263 g/mol. The number of fused-ring (bicyclic) bond motifs is 2. The zero-order valence-corrected chi connectivity index (χ0v) is 12.2. The molecule has 0 aliphatic heterocycles. The van der Waals surface area contributed by atoms with Crippen LogP contribution >= 0.6 is 0 Å². The summed E-state index contributed by atoms with van der Waals surface area (Å²) in [7, 11) is 0. The maximum atomic E-state index is 3.59. The van der Waals surface area contributed by atoms with E-state index in [0.717, 1.165) is 12.8 Å². The third kappa shape index (κ3) is 3.11. The molecule has 2 bridgehead atoms. The first kappa shape index (κ1) is 13.0. The number of hydrogen-bond donors (Lipinski definition) is 1. The summed E-state index contributed by atoms with van der Waals surface area (Å²) in [4.78, 5) is 0. The van der Waals surface area contributed by atoms with Crippen molar-refractivity contribution in [1.29, 1.82) is 0 Å². The van der Waals surface area contributed by atoms with E-state index >= 15 is 0 Å². The summed E-state index contributed by atoms with van der Waals surface area (Å²) in [5, 5.41) is 3.59. The predicted octanol–water partition coefficient (Wildman–Crippen LogP) is 4.71. The molecule has 0 radical (unpaired) electrons. The first-order valence-electron chi connectivity index (χ1n) is 7.31. The van der Waals surface area contributed by atoms with Crippen molar-refractivity contribution in [2.75, 3.05) is 0 Å². The third-order valence-corrected chi connectivity index (χ3v) is 3.75. The van der Waals surface area contributed by atoms with Crippen LogP contribution in [-0.2, 0) is 0 Å². The van der Waals surface area contributed by atoms with Gasteiger partial charge in [-0.15, -0.1) is 0 Å². The van der Waals surface area contributed by atoms with Crippen LogP contribution in [0.4, 0.5) is 0 Å². The van der Waals surface area contributed by atoms with Crippen LogP contribution in [0.3, 0.4) is 0 Å². The van der Waals surface area contributed by atoms with Gasteiger partial charge in [0.25, 0.3) is 0 Å². The first-order chi connectivity index (χ1) is 9.69. The van der Waals surface area contributed by atoms with Crippen LogP contribution in [0.1, 0.15) is 26.7 Å². The van der Waals surface area contributed by atoms with Gasteiger partial charge in [0.2, 0.25) is 0 Å². The van der Waals surface area contributed by atoms with Crippen LogP contribution in [0.2, 0.25) is 0 Å². The van der Waals surface area contributed by atoms with Gasteiger partial charge < -0.3 is 5.32 Å². The molecule has 0 heterocycles. The van der Waals surface area contributed by atoms with E-state index in [2.05, 4.69) is 73.8 Å².